The van der Waals surface area contributed by atoms with Gasteiger partial charge >= 0.3 is 0 Å². The van der Waals surface area contributed by atoms with Crippen molar-refractivity contribution < 1.29 is 13.9 Å². The smallest absolute Gasteiger partial charge is 0.237 e. The van der Waals surface area contributed by atoms with Crippen LogP contribution < -0.4 is 15.4 Å². The molecule has 0 unspecified atom stereocenters. The quantitative estimate of drug-likeness (QED) is 0.857. The molecule has 0 aromatic heterocycles. The molecule has 1 atom stereocenters. The fourth-order valence-corrected chi connectivity index (χ4v) is 2.76. The van der Waals surface area contributed by atoms with Crippen molar-refractivity contribution in [2.45, 2.75) is 32.0 Å². The summed E-state index contributed by atoms with van der Waals surface area (Å²) in [6.07, 6.45) is 1.93. The summed E-state index contributed by atoms with van der Waals surface area (Å²) in [7, 11) is 0. The Morgan fingerprint density at radius 2 is 2.04 bits per heavy atom. The number of hydrogen-bond donors (Lipinski definition) is 2. The van der Waals surface area contributed by atoms with Crippen LogP contribution in [0, 0.1) is 5.82 Å². The van der Waals surface area contributed by atoms with Crippen molar-refractivity contribution in [3.05, 3.63) is 65.5 Å². The van der Waals surface area contributed by atoms with Gasteiger partial charge in [0.05, 0.1) is 6.04 Å². The molecule has 126 valence electrons. The molecule has 1 aliphatic heterocycles. The number of carbonyl (C=O) groups is 1. The molecule has 0 bridgehead atoms. The van der Waals surface area contributed by atoms with Gasteiger partial charge in [0.25, 0.3) is 0 Å². The summed E-state index contributed by atoms with van der Waals surface area (Å²) >= 11 is 0. The number of ether oxygens (including phenoxy) is 1. The predicted molar refractivity (Wildman–Crippen MR) is 90.0 cm³/mol. The highest BCUT2D eigenvalue weighted by atomic mass is 19.1. The van der Waals surface area contributed by atoms with Crippen molar-refractivity contribution in [1.29, 1.82) is 0 Å². The Morgan fingerprint density at radius 1 is 1.21 bits per heavy atom. The van der Waals surface area contributed by atoms with E-state index in [2.05, 4.69) is 10.6 Å². The first-order valence-corrected chi connectivity index (χ1v) is 8.18. The summed E-state index contributed by atoms with van der Waals surface area (Å²) in [5.41, 5.74) is 1.75. The number of amides is 1. The van der Waals surface area contributed by atoms with E-state index in [4.69, 9.17) is 4.74 Å². The Bertz CT molecular complexity index is 699. The molecule has 0 radical (unpaired) electrons. The highest BCUT2D eigenvalue weighted by molar-refractivity contribution is 5.81. The van der Waals surface area contributed by atoms with Crippen LogP contribution in [-0.2, 0) is 17.9 Å². The first-order chi connectivity index (χ1) is 11.7. The van der Waals surface area contributed by atoms with Gasteiger partial charge in [-0.25, -0.2) is 4.39 Å². The molecule has 0 saturated carbocycles. The number of benzene rings is 2. The molecule has 1 amide bonds. The van der Waals surface area contributed by atoms with Crippen LogP contribution in [0.4, 0.5) is 4.39 Å². The summed E-state index contributed by atoms with van der Waals surface area (Å²) < 4.78 is 18.9. The Kier molecular flexibility index (Phi) is 5.43. The third-order valence-corrected chi connectivity index (χ3v) is 4.04. The van der Waals surface area contributed by atoms with E-state index in [1.165, 1.54) is 12.1 Å². The van der Waals surface area contributed by atoms with Gasteiger partial charge in [-0.2, -0.15) is 0 Å². The summed E-state index contributed by atoms with van der Waals surface area (Å²) in [6, 6.07) is 13.8. The molecular formula is C19H21FN2O2. The second-order valence-electron chi connectivity index (χ2n) is 5.93. The first-order valence-electron chi connectivity index (χ1n) is 8.18. The largest absolute Gasteiger partial charge is 0.489 e. The SMILES string of the molecule is O=C(NCc1cccc(OCc2cccc(F)c2)c1)[C@@H]1CCCN1. The normalized spacial score (nSPS) is 16.8. The number of carbonyl (C=O) groups excluding carboxylic acids is 1. The van der Waals surface area contributed by atoms with Gasteiger partial charge in [0.15, 0.2) is 0 Å². The van der Waals surface area contributed by atoms with E-state index >= 15 is 0 Å². The molecule has 0 spiro atoms. The lowest BCUT2D eigenvalue weighted by atomic mass is 10.2. The number of hydrogen-bond acceptors (Lipinski definition) is 3. The van der Waals surface area contributed by atoms with Crippen LogP contribution in [0.25, 0.3) is 0 Å². The minimum atomic E-state index is -0.270. The zero-order valence-corrected chi connectivity index (χ0v) is 13.4. The van der Waals surface area contributed by atoms with Crippen molar-refractivity contribution in [3.8, 4) is 5.75 Å². The monoisotopic (exact) mass is 328 g/mol. The van der Waals surface area contributed by atoms with Gasteiger partial charge in [0.1, 0.15) is 18.2 Å². The zero-order valence-electron chi connectivity index (χ0n) is 13.4. The lowest BCUT2D eigenvalue weighted by Gasteiger charge is -2.12. The molecule has 2 aromatic carbocycles. The topological polar surface area (TPSA) is 50.4 Å². The molecule has 24 heavy (non-hydrogen) atoms. The summed E-state index contributed by atoms with van der Waals surface area (Å²) in [5.74, 6) is 0.469. The van der Waals surface area contributed by atoms with Crippen LogP contribution in [0.1, 0.15) is 24.0 Å². The highest BCUT2D eigenvalue weighted by Gasteiger charge is 2.21. The number of rotatable bonds is 6. The fraction of sp³-hybridized carbons (Fsp3) is 0.316. The maximum Gasteiger partial charge on any atom is 0.237 e. The average Bonchev–Trinajstić information content (AvgIpc) is 3.13. The molecule has 2 aromatic rings. The molecule has 1 heterocycles. The average molecular weight is 328 g/mol. The second-order valence-corrected chi connectivity index (χ2v) is 5.93. The molecule has 4 nitrogen and oxygen atoms in total. The summed E-state index contributed by atoms with van der Waals surface area (Å²) in [6.45, 7) is 1.68. The van der Waals surface area contributed by atoms with Gasteiger partial charge in [-0.1, -0.05) is 24.3 Å². The third-order valence-electron chi connectivity index (χ3n) is 4.04. The van der Waals surface area contributed by atoms with Crippen LogP contribution in [0.15, 0.2) is 48.5 Å². The van der Waals surface area contributed by atoms with Crippen LogP contribution in [0.5, 0.6) is 5.75 Å². The Hall–Kier alpha value is -2.40. The van der Waals surface area contributed by atoms with Crippen molar-refractivity contribution in [3.63, 3.8) is 0 Å². The lowest BCUT2D eigenvalue weighted by Crippen LogP contribution is -2.39. The van der Waals surface area contributed by atoms with Crippen molar-refractivity contribution >= 4 is 5.91 Å². The fourth-order valence-electron chi connectivity index (χ4n) is 2.76. The molecule has 0 aliphatic carbocycles. The van der Waals surface area contributed by atoms with E-state index in [0.717, 1.165) is 30.5 Å². The Labute approximate surface area is 141 Å². The molecule has 3 rings (SSSR count). The van der Waals surface area contributed by atoms with Gasteiger partial charge in [0, 0.05) is 6.54 Å². The maximum absolute atomic E-state index is 13.2. The highest BCUT2D eigenvalue weighted by Crippen LogP contribution is 2.16. The Morgan fingerprint density at radius 3 is 2.83 bits per heavy atom. The van der Waals surface area contributed by atoms with Gasteiger partial charge < -0.3 is 15.4 Å². The summed E-state index contributed by atoms with van der Waals surface area (Å²) in [4.78, 5) is 12.0. The second kappa shape index (κ2) is 7.93. The minimum absolute atomic E-state index is 0.0404. The lowest BCUT2D eigenvalue weighted by molar-refractivity contribution is -0.122. The molecule has 1 fully saturated rings. The first kappa shape index (κ1) is 16.5. The van der Waals surface area contributed by atoms with Gasteiger partial charge in [0.2, 0.25) is 5.91 Å². The van der Waals surface area contributed by atoms with E-state index in [1.807, 2.05) is 30.3 Å². The standard InChI is InChI=1S/C19H21FN2O2/c20-16-6-1-5-15(10-16)13-24-17-7-2-4-14(11-17)12-22-19(23)18-8-3-9-21-18/h1-2,4-7,10-11,18,21H,3,8-9,12-13H2,(H,22,23)/t18-/m0/s1. The Balaban J connectivity index is 1.52. The zero-order chi connectivity index (χ0) is 16.8. The van der Waals surface area contributed by atoms with Crippen LogP contribution in [-0.4, -0.2) is 18.5 Å². The van der Waals surface area contributed by atoms with Crippen LogP contribution in [0.2, 0.25) is 0 Å². The van der Waals surface area contributed by atoms with Gasteiger partial charge in [-0.05, 0) is 54.8 Å². The number of halogens is 1. The van der Waals surface area contributed by atoms with E-state index in [-0.39, 0.29) is 17.8 Å². The van der Waals surface area contributed by atoms with E-state index in [0.29, 0.717) is 18.9 Å². The number of nitrogens with one attached hydrogen (secondary N) is 2. The van der Waals surface area contributed by atoms with Crippen molar-refractivity contribution in [1.82, 2.24) is 10.6 Å². The van der Waals surface area contributed by atoms with E-state index < -0.39 is 0 Å². The van der Waals surface area contributed by atoms with E-state index in [1.54, 1.807) is 6.07 Å². The van der Waals surface area contributed by atoms with Crippen LogP contribution >= 0.6 is 0 Å². The van der Waals surface area contributed by atoms with Crippen molar-refractivity contribution in [2.75, 3.05) is 6.54 Å². The third kappa shape index (κ3) is 4.55. The van der Waals surface area contributed by atoms with Crippen molar-refractivity contribution in [2.24, 2.45) is 0 Å². The van der Waals surface area contributed by atoms with Crippen LogP contribution in [0.3, 0.4) is 0 Å². The molecule has 2 N–H and O–H groups in total. The summed E-state index contributed by atoms with van der Waals surface area (Å²) in [5, 5.41) is 6.12. The molecule has 5 heteroatoms. The van der Waals surface area contributed by atoms with E-state index in [9.17, 15) is 9.18 Å². The van der Waals surface area contributed by atoms with Gasteiger partial charge in [-0.3, -0.25) is 4.79 Å². The maximum atomic E-state index is 13.2. The molecular weight excluding hydrogens is 307 g/mol. The predicted octanol–water partition coefficient (Wildman–Crippen LogP) is 2.77. The van der Waals surface area contributed by atoms with Gasteiger partial charge in [-0.15, -0.1) is 0 Å². The molecule has 1 saturated heterocycles. The minimum Gasteiger partial charge on any atom is -0.489 e. The molecule has 1 aliphatic rings.